The van der Waals surface area contributed by atoms with Crippen LogP contribution in [0.5, 0.6) is 0 Å². The van der Waals surface area contributed by atoms with Crippen molar-refractivity contribution in [1.82, 2.24) is 10.3 Å². The molecule has 0 aromatic carbocycles. The summed E-state index contributed by atoms with van der Waals surface area (Å²) in [7, 11) is 0. The van der Waals surface area contributed by atoms with Crippen LogP contribution < -0.4 is 10.2 Å². The predicted octanol–water partition coefficient (Wildman–Crippen LogP) is 2.60. The van der Waals surface area contributed by atoms with Gasteiger partial charge in [0.05, 0.1) is 11.2 Å². The fraction of sp³-hybridized carbons (Fsp3) is 0.706. The van der Waals surface area contributed by atoms with Crippen LogP contribution in [-0.2, 0) is 4.74 Å². The topological polar surface area (TPSA) is 37.4 Å². The number of nitrogens with one attached hydrogen (secondary N) is 1. The van der Waals surface area contributed by atoms with Gasteiger partial charge in [-0.1, -0.05) is 6.07 Å². The van der Waals surface area contributed by atoms with E-state index in [1.54, 1.807) is 0 Å². The number of pyridine rings is 1. The third-order valence-electron chi connectivity index (χ3n) is 4.67. The minimum absolute atomic E-state index is 0.0273. The zero-order valence-corrected chi connectivity index (χ0v) is 13.6. The number of nitrogens with zero attached hydrogens (tertiary/aromatic N) is 2. The maximum Gasteiger partial charge on any atom is 0.128 e. The number of ether oxygens (including phenoxy) is 1. The summed E-state index contributed by atoms with van der Waals surface area (Å²) in [5.41, 5.74) is -0.123. The van der Waals surface area contributed by atoms with Gasteiger partial charge in [-0.3, -0.25) is 0 Å². The molecule has 0 unspecified atom stereocenters. The minimum Gasteiger partial charge on any atom is -0.368 e. The summed E-state index contributed by atoms with van der Waals surface area (Å²) in [5.74, 6) is 1.09. The first-order chi connectivity index (χ1) is 9.86. The van der Waals surface area contributed by atoms with E-state index < -0.39 is 0 Å². The smallest absolute Gasteiger partial charge is 0.128 e. The van der Waals surface area contributed by atoms with E-state index in [-0.39, 0.29) is 11.2 Å². The summed E-state index contributed by atoms with van der Waals surface area (Å²) in [6.07, 6.45) is 4.11. The van der Waals surface area contributed by atoms with Crippen LogP contribution in [0.4, 0.5) is 5.82 Å². The van der Waals surface area contributed by atoms with Gasteiger partial charge in [-0.2, -0.15) is 0 Å². The molecular formula is C17H27N3O. The van der Waals surface area contributed by atoms with Crippen molar-refractivity contribution in [1.29, 1.82) is 0 Å². The Hall–Kier alpha value is -1.13. The van der Waals surface area contributed by atoms with Crippen molar-refractivity contribution in [3.63, 3.8) is 0 Å². The molecule has 4 heteroatoms. The second-order valence-electron chi connectivity index (χ2n) is 7.51. The first-order valence-corrected chi connectivity index (χ1v) is 7.98. The van der Waals surface area contributed by atoms with Crippen LogP contribution in [0.25, 0.3) is 0 Å². The molecule has 2 saturated heterocycles. The highest BCUT2D eigenvalue weighted by Crippen LogP contribution is 2.37. The quantitative estimate of drug-likeness (QED) is 0.928. The molecule has 0 spiro atoms. The molecule has 4 nitrogen and oxygen atoms in total. The van der Waals surface area contributed by atoms with Crippen molar-refractivity contribution in [2.45, 2.75) is 63.8 Å². The van der Waals surface area contributed by atoms with E-state index in [0.717, 1.165) is 25.3 Å². The monoisotopic (exact) mass is 289 g/mol. The molecule has 0 radical (unpaired) electrons. The minimum atomic E-state index is -0.0953. The second-order valence-corrected chi connectivity index (χ2v) is 7.51. The van der Waals surface area contributed by atoms with Crippen molar-refractivity contribution in [3.8, 4) is 0 Å². The Bertz CT molecular complexity index is 486. The van der Waals surface area contributed by atoms with Gasteiger partial charge in [0.15, 0.2) is 0 Å². The van der Waals surface area contributed by atoms with E-state index >= 15 is 0 Å². The zero-order valence-electron chi connectivity index (χ0n) is 13.6. The van der Waals surface area contributed by atoms with Crippen LogP contribution in [0.3, 0.4) is 0 Å². The molecule has 3 heterocycles. The van der Waals surface area contributed by atoms with E-state index in [4.69, 9.17) is 4.74 Å². The molecule has 21 heavy (non-hydrogen) atoms. The highest BCUT2D eigenvalue weighted by Gasteiger charge is 2.46. The number of hydrogen-bond acceptors (Lipinski definition) is 4. The van der Waals surface area contributed by atoms with Gasteiger partial charge in [0.1, 0.15) is 5.82 Å². The number of hydrogen-bond donors (Lipinski definition) is 1. The van der Waals surface area contributed by atoms with E-state index in [1.807, 2.05) is 12.3 Å². The summed E-state index contributed by atoms with van der Waals surface area (Å²) >= 11 is 0. The Kier molecular flexibility index (Phi) is 3.70. The number of aromatic nitrogens is 1. The normalized spacial score (nSPS) is 30.8. The van der Waals surface area contributed by atoms with Crippen LogP contribution in [0.15, 0.2) is 24.4 Å². The summed E-state index contributed by atoms with van der Waals surface area (Å²) in [5, 5.41) is 3.83. The molecule has 2 aliphatic heterocycles. The molecule has 2 fully saturated rings. The molecular weight excluding hydrogens is 262 g/mol. The van der Waals surface area contributed by atoms with Gasteiger partial charge in [0.25, 0.3) is 0 Å². The van der Waals surface area contributed by atoms with Crippen LogP contribution in [0.2, 0.25) is 0 Å². The van der Waals surface area contributed by atoms with Crippen molar-refractivity contribution in [3.05, 3.63) is 24.4 Å². The Balaban J connectivity index is 1.60. The fourth-order valence-electron chi connectivity index (χ4n) is 3.75. The van der Waals surface area contributed by atoms with Gasteiger partial charge in [-0.15, -0.1) is 0 Å². The SMILES string of the molecule is CC1(C)C[C@@H](N[C@H]2CCN(c3ccccn3)C2)C(C)(C)O1. The first-order valence-electron chi connectivity index (χ1n) is 7.98. The maximum absolute atomic E-state index is 6.18. The van der Waals surface area contributed by atoms with Gasteiger partial charge in [-0.25, -0.2) is 4.98 Å². The first kappa shape index (κ1) is 14.8. The molecule has 2 aliphatic rings. The maximum atomic E-state index is 6.18. The van der Waals surface area contributed by atoms with Gasteiger partial charge in [0.2, 0.25) is 0 Å². The van der Waals surface area contributed by atoms with E-state index in [2.05, 4.69) is 55.0 Å². The van der Waals surface area contributed by atoms with Crippen molar-refractivity contribution >= 4 is 5.82 Å². The average molecular weight is 289 g/mol. The van der Waals surface area contributed by atoms with Gasteiger partial charge in [-0.05, 0) is 52.7 Å². The lowest BCUT2D eigenvalue weighted by atomic mass is 9.93. The van der Waals surface area contributed by atoms with Crippen LogP contribution in [-0.4, -0.2) is 41.4 Å². The summed E-state index contributed by atoms with van der Waals surface area (Å²) < 4.78 is 6.18. The van der Waals surface area contributed by atoms with Crippen molar-refractivity contribution in [2.24, 2.45) is 0 Å². The van der Waals surface area contributed by atoms with Gasteiger partial charge >= 0.3 is 0 Å². The summed E-state index contributed by atoms with van der Waals surface area (Å²) in [4.78, 5) is 6.82. The molecule has 0 saturated carbocycles. The molecule has 1 aromatic rings. The molecule has 1 aromatic heterocycles. The van der Waals surface area contributed by atoms with Crippen LogP contribution >= 0.6 is 0 Å². The lowest BCUT2D eigenvalue weighted by Crippen LogP contribution is -2.48. The molecule has 1 N–H and O–H groups in total. The van der Waals surface area contributed by atoms with E-state index in [0.29, 0.717) is 12.1 Å². The molecule has 3 rings (SSSR count). The van der Waals surface area contributed by atoms with E-state index in [1.165, 1.54) is 6.42 Å². The molecule has 0 bridgehead atoms. The number of rotatable bonds is 3. The highest BCUT2D eigenvalue weighted by atomic mass is 16.5. The zero-order chi connectivity index (χ0) is 15.1. The van der Waals surface area contributed by atoms with E-state index in [9.17, 15) is 0 Å². The fourth-order valence-corrected chi connectivity index (χ4v) is 3.75. The van der Waals surface area contributed by atoms with Crippen LogP contribution in [0, 0.1) is 0 Å². The highest BCUT2D eigenvalue weighted by molar-refractivity contribution is 5.39. The largest absolute Gasteiger partial charge is 0.368 e. The van der Waals surface area contributed by atoms with Gasteiger partial charge < -0.3 is 15.0 Å². The lowest BCUT2D eigenvalue weighted by molar-refractivity contribution is -0.0703. The molecule has 0 aliphatic carbocycles. The number of anilines is 1. The third-order valence-corrected chi connectivity index (χ3v) is 4.67. The summed E-state index contributed by atoms with van der Waals surface area (Å²) in [6.45, 7) is 10.9. The lowest BCUT2D eigenvalue weighted by Gasteiger charge is -2.30. The van der Waals surface area contributed by atoms with Crippen molar-refractivity contribution < 1.29 is 4.74 Å². The second kappa shape index (κ2) is 5.25. The molecule has 116 valence electrons. The average Bonchev–Trinajstić information content (AvgIpc) is 2.93. The Morgan fingerprint density at radius 2 is 2.10 bits per heavy atom. The van der Waals surface area contributed by atoms with Crippen LogP contribution in [0.1, 0.15) is 40.5 Å². The Morgan fingerprint density at radius 1 is 1.29 bits per heavy atom. The standard InChI is InChI=1S/C17H27N3O/c1-16(2)11-14(17(3,4)21-16)19-13-8-10-20(12-13)15-7-5-6-9-18-15/h5-7,9,13-14,19H,8,10-12H2,1-4H3/t13-,14+/m0/s1. The Morgan fingerprint density at radius 3 is 2.71 bits per heavy atom. The van der Waals surface area contributed by atoms with Crippen molar-refractivity contribution in [2.75, 3.05) is 18.0 Å². The predicted molar refractivity (Wildman–Crippen MR) is 85.6 cm³/mol. The molecule has 0 amide bonds. The van der Waals surface area contributed by atoms with Gasteiger partial charge in [0, 0.05) is 31.4 Å². The summed E-state index contributed by atoms with van der Waals surface area (Å²) in [6, 6.07) is 7.05. The third kappa shape index (κ3) is 3.22. The Labute approximate surface area is 127 Å². The molecule has 2 atom stereocenters.